The van der Waals surface area contributed by atoms with Crippen LogP contribution in [0.4, 0.5) is 0 Å². The summed E-state index contributed by atoms with van der Waals surface area (Å²) in [5, 5.41) is 4.12. The molecule has 0 spiro atoms. The van der Waals surface area contributed by atoms with E-state index in [1.807, 2.05) is 27.3 Å². The van der Waals surface area contributed by atoms with E-state index < -0.39 is 15.9 Å². The number of hydrogen-bond donors (Lipinski definition) is 1. The molecule has 0 aliphatic carbocycles. The number of nitrogens with one attached hydrogen (secondary N) is 1. The van der Waals surface area contributed by atoms with Crippen LogP contribution in [0, 0.1) is 3.57 Å². The molecular formula is C19H19IN4O6S. The third kappa shape index (κ3) is 5.07. The van der Waals surface area contributed by atoms with Crippen LogP contribution in [0.3, 0.4) is 0 Å². The number of ether oxygens (including phenoxy) is 3. The molecule has 0 unspecified atom stereocenters. The molecule has 0 bridgehead atoms. The maximum Gasteiger partial charge on any atom is 0.283 e. The largest absolute Gasteiger partial charge is 0.495 e. The molecule has 0 aliphatic rings. The predicted molar refractivity (Wildman–Crippen MR) is 119 cm³/mol. The summed E-state index contributed by atoms with van der Waals surface area (Å²) in [6.07, 6.45) is 3.41. The summed E-state index contributed by atoms with van der Waals surface area (Å²) in [6, 6.07) is 7.86. The van der Waals surface area contributed by atoms with Crippen molar-refractivity contribution in [1.29, 1.82) is 0 Å². The Hall–Kier alpha value is -2.87. The van der Waals surface area contributed by atoms with Crippen LogP contribution in [0.5, 0.6) is 17.4 Å². The Morgan fingerprint density at radius 2 is 1.81 bits per heavy atom. The van der Waals surface area contributed by atoms with Gasteiger partial charge in [0, 0.05) is 21.5 Å². The Labute approximate surface area is 192 Å². The Balaban J connectivity index is 1.91. The minimum atomic E-state index is -4.33. The van der Waals surface area contributed by atoms with Gasteiger partial charge in [-0.05, 0) is 52.9 Å². The highest BCUT2D eigenvalue weighted by molar-refractivity contribution is 14.1. The summed E-state index contributed by atoms with van der Waals surface area (Å²) >= 11 is 2.00. The molecule has 1 N–H and O–H groups in total. The zero-order valence-electron chi connectivity index (χ0n) is 16.8. The molecule has 2 heterocycles. The van der Waals surface area contributed by atoms with Gasteiger partial charge in [0.15, 0.2) is 4.90 Å². The van der Waals surface area contributed by atoms with E-state index in [-0.39, 0.29) is 28.0 Å². The van der Waals surface area contributed by atoms with Crippen molar-refractivity contribution in [3.8, 4) is 17.4 Å². The van der Waals surface area contributed by atoms with E-state index in [9.17, 15) is 13.2 Å². The third-order valence-electron chi connectivity index (χ3n) is 4.18. The van der Waals surface area contributed by atoms with Crippen molar-refractivity contribution in [2.24, 2.45) is 0 Å². The molecule has 2 aromatic heterocycles. The van der Waals surface area contributed by atoms with Gasteiger partial charge in [0.05, 0.1) is 27.9 Å². The van der Waals surface area contributed by atoms with E-state index in [0.717, 1.165) is 0 Å². The fourth-order valence-corrected chi connectivity index (χ4v) is 4.63. The number of carbonyl (C=O) groups is 1. The van der Waals surface area contributed by atoms with E-state index in [2.05, 4.69) is 10.1 Å². The van der Waals surface area contributed by atoms with E-state index in [1.54, 1.807) is 29.2 Å². The number of hydrogen-bond acceptors (Lipinski definition) is 8. The number of benzene rings is 1. The van der Waals surface area contributed by atoms with Crippen molar-refractivity contribution in [1.82, 2.24) is 19.5 Å². The Bertz CT molecular complexity index is 1170. The first-order chi connectivity index (χ1) is 14.8. The third-order valence-corrected chi connectivity index (χ3v) is 6.19. The normalized spacial score (nSPS) is 11.1. The summed E-state index contributed by atoms with van der Waals surface area (Å²) in [5.74, 6) is -0.648. The van der Waals surface area contributed by atoms with Crippen LogP contribution < -0.4 is 18.9 Å². The van der Waals surface area contributed by atoms with Gasteiger partial charge >= 0.3 is 0 Å². The van der Waals surface area contributed by atoms with Crippen molar-refractivity contribution in [2.75, 3.05) is 21.3 Å². The van der Waals surface area contributed by atoms with Gasteiger partial charge in [0.2, 0.25) is 5.88 Å². The lowest BCUT2D eigenvalue weighted by molar-refractivity contribution is 0.0975. The van der Waals surface area contributed by atoms with Crippen LogP contribution in [0.2, 0.25) is 0 Å². The highest BCUT2D eigenvalue weighted by atomic mass is 127. The summed E-state index contributed by atoms with van der Waals surface area (Å²) in [6.45, 7) is 0.375. The molecule has 0 atom stereocenters. The number of methoxy groups -OCH3 is 3. The van der Waals surface area contributed by atoms with Gasteiger partial charge in [0.1, 0.15) is 17.2 Å². The van der Waals surface area contributed by atoms with Gasteiger partial charge in [0.25, 0.3) is 15.9 Å². The average Bonchev–Trinajstić information content (AvgIpc) is 3.25. The predicted octanol–water partition coefficient (Wildman–Crippen LogP) is 2.08. The fraction of sp³-hybridized carbons (Fsp3) is 0.211. The Morgan fingerprint density at radius 1 is 1.13 bits per heavy atom. The molecule has 164 valence electrons. The molecule has 0 saturated heterocycles. The smallest absolute Gasteiger partial charge is 0.283 e. The van der Waals surface area contributed by atoms with Gasteiger partial charge in [-0.1, -0.05) is 0 Å². The maximum atomic E-state index is 13.0. The number of pyridine rings is 1. The lowest BCUT2D eigenvalue weighted by Gasteiger charge is -2.15. The molecule has 12 heteroatoms. The Kier molecular flexibility index (Phi) is 7.00. The first-order valence-corrected chi connectivity index (χ1v) is 11.3. The van der Waals surface area contributed by atoms with Gasteiger partial charge in [-0.3, -0.25) is 9.48 Å². The molecule has 3 rings (SSSR count). The summed E-state index contributed by atoms with van der Waals surface area (Å²) < 4.78 is 45.9. The van der Waals surface area contributed by atoms with Crippen LogP contribution >= 0.6 is 22.6 Å². The SMILES string of the molecule is COc1cc(I)cc(OC)c1S(=O)(=O)NC(=O)c1ccc(Cn2cccn2)c(OC)n1. The zero-order chi connectivity index (χ0) is 22.6. The molecule has 0 saturated carbocycles. The second-order valence-electron chi connectivity index (χ2n) is 6.14. The lowest BCUT2D eigenvalue weighted by atomic mass is 10.2. The number of nitrogens with zero attached hydrogens (tertiary/aromatic N) is 3. The van der Waals surface area contributed by atoms with Gasteiger partial charge in [-0.25, -0.2) is 18.1 Å². The van der Waals surface area contributed by atoms with E-state index in [4.69, 9.17) is 14.2 Å². The molecule has 0 aliphatic heterocycles. The molecule has 1 aromatic carbocycles. The van der Waals surface area contributed by atoms with Crippen LogP contribution in [0.15, 0.2) is 47.6 Å². The number of carbonyl (C=O) groups excluding carboxylic acids is 1. The average molecular weight is 558 g/mol. The van der Waals surface area contributed by atoms with E-state index in [0.29, 0.717) is 15.7 Å². The molecule has 31 heavy (non-hydrogen) atoms. The number of sulfonamides is 1. The summed E-state index contributed by atoms with van der Waals surface area (Å²) in [5.41, 5.74) is 0.541. The van der Waals surface area contributed by atoms with Crippen LogP contribution in [-0.2, 0) is 16.6 Å². The highest BCUT2D eigenvalue weighted by Crippen LogP contribution is 2.35. The molecule has 3 aromatic rings. The first kappa shape index (κ1) is 22.8. The number of halogens is 1. The van der Waals surface area contributed by atoms with Gasteiger partial charge in [-0.15, -0.1) is 0 Å². The van der Waals surface area contributed by atoms with E-state index in [1.165, 1.54) is 39.5 Å². The second-order valence-corrected chi connectivity index (χ2v) is 9.01. The topological polar surface area (TPSA) is 122 Å². The maximum absolute atomic E-state index is 13.0. The van der Waals surface area contributed by atoms with Gasteiger partial charge < -0.3 is 14.2 Å². The zero-order valence-corrected chi connectivity index (χ0v) is 19.8. The summed E-state index contributed by atoms with van der Waals surface area (Å²) in [4.78, 5) is 16.5. The molecule has 1 amide bonds. The van der Waals surface area contributed by atoms with Crippen molar-refractivity contribution in [3.63, 3.8) is 0 Å². The van der Waals surface area contributed by atoms with Gasteiger partial charge in [-0.2, -0.15) is 5.10 Å². The number of rotatable bonds is 8. The second kappa shape index (κ2) is 9.51. The van der Waals surface area contributed by atoms with Crippen molar-refractivity contribution in [3.05, 3.63) is 57.6 Å². The van der Waals surface area contributed by atoms with E-state index >= 15 is 0 Å². The minimum Gasteiger partial charge on any atom is -0.495 e. The number of amides is 1. The lowest BCUT2D eigenvalue weighted by Crippen LogP contribution is -2.32. The van der Waals surface area contributed by atoms with Crippen LogP contribution in [-0.4, -0.2) is 50.4 Å². The molecular weight excluding hydrogens is 539 g/mol. The molecule has 0 radical (unpaired) electrons. The quantitative estimate of drug-likeness (QED) is 0.418. The molecule has 0 fully saturated rings. The summed E-state index contributed by atoms with van der Waals surface area (Å²) in [7, 11) is -0.257. The van der Waals surface area contributed by atoms with Crippen molar-refractivity contribution < 1.29 is 27.4 Å². The minimum absolute atomic E-state index is 0.0455. The molecule has 10 nitrogen and oxygen atoms in total. The highest BCUT2D eigenvalue weighted by Gasteiger charge is 2.28. The van der Waals surface area contributed by atoms with Crippen LogP contribution in [0.1, 0.15) is 16.1 Å². The monoisotopic (exact) mass is 558 g/mol. The number of aromatic nitrogens is 3. The first-order valence-electron chi connectivity index (χ1n) is 8.79. The van der Waals surface area contributed by atoms with Crippen molar-refractivity contribution >= 4 is 38.5 Å². The fourth-order valence-electron chi connectivity index (χ4n) is 2.80. The standard InChI is InChI=1S/C19H19IN4O6S/c1-28-15-9-13(20)10-16(29-2)17(15)31(26,27)23-18(25)14-6-5-12(19(22-14)30-3)11-24-8-4-7-21-24/h4-10H,11H2,1-3H3,(H,23,25). The van der Waals surface area contributed by atoms with Crippen molar-refractivity contribution in [2.45, 2.75) is 11.4 Å². The Morgan fingerprint density at radius 3 is 2.35 bits per heavy atom. The van der Waals surface area contributed by atoms with Crippen LogP contribution in [0.25, 0.3) is 0 Å².